The molecule has 1 fully saturated rings. The molecule has 3 N–H and O–H groups in total. The predicted octanol–water partition coefficient (Wildman–Crippen LogP) is 3.88. The van der Waals surface area contributed by atoms with Crippen LogP contribution in [-0.4, -0.2) is 40.8 Å². The van der Waals surface area contributed by atoms with E-state index in [1.54, 1.807) is 29.2 Å². The lowest BCUT2D eigenvalue weighted by Gasteiger charge is -2.25. The van der Waals surface area contributed by atoms with Gasteiger partial charge in [-0.1, -0.05) is 27.5 Å². The van der Waals surface area contributed by atoms with Gasteiger partial charge >= 0.3 is 0 Å². The third-order valence-corrected chi connectivity index (χ3v) is 5.86. The topological polar surface area (TPSA) is 88.3 Å². The first kappa shape index (κ1) is 20.1. The molecule has 0 aliphatic carbocycles. The Bertz CT molecular complexity index is 894. The second-order valence-corrected chi connectivity index (χ2v) is 8.40. The third kappa shape index (κ3) is 4.62. The monoisotopic (exact) mass is 514 g/mol. The Morgan fingerprint density at radius 3 is 2.81 bits per heavy atom. The minimum absolute atomic E-state index is 0.0861. The molecule has 2 amide bonds. The summed E-state index contributed by atoms with van der Waals surface area (Å²) >= 11 is 12.8. The van der Waals surface area contributed by atoms with Crippen LogP contribution in [-0.2, 0) is 0 Å². The van der Waals surface area contributed by atoms with E-state index in [0.29, 0.717) is 33.7 Å². The van der Waals surface area contributed by atoms with E-state index in [-0.39, 0.29) is 23.7 Å². The van der Waals surface area contributed by atoms with Crippen LogP contribution in [0.25, 0.3) is 0 Å². The zero-order chi connectivity index (χ0) is 19.6. The number of amides is 2. The van der Waals surface area contributed by atoms with Gasteiger partial charge in [0.1, 0.15) is 5.82 Å². The molecule has 1 aliphatic heterocycles. The second-order valence-electron chi connectivity index (χ2n) is 6.22. The lowest BCUT2D eigenvalue weighted by Crippen LogP contribution is -2.43. The van der Waals surface area contributed by atoms with Crippen LogP contribution < -0.4 is 11.1 Å². The molecule has 1 saturated heterocycles. The van der Waals surface area contributed by atoms with E-state index in [0.717, 1.165) is 17.3 Å². The van der Waals surface area contributed by atoms with Gasteiger partial charge in [0.15, 0.2) is 0 Å². The molecule has 27 heavy (non-hydrogen) atoms. The Morgan fingerprint density at radius 1 is 1.30 bits per heavy atom. The van der Waals surface area contributed by atoms with Crippen molar-refractivity contribution in [3.8, 4) is 0 Å². The van der Waals surface area contributed by atoms with Crippen LogP contribution in [0.3, 0.4) is 0 Å². The van der Waals surface area contributed by atoms with Gasteiger partial charge in [-0.2, -0.15) is 0 Å². The van der Waals surface area contributed by atoms with Crippen LogP contribution in [0.2, 0.25) is 5.02 Å². The van der Waals surface area contributed by atoms with Crippen molar-refractivity contribution in [2.45, 2.75) is 18.9 Å². The average Bonchev–Trinajstić information content (AvgIpc) is 3.09. The van der Waals surface area contributed by atoms with Crippen LogP contribution in [0.4, 0.5) is 5.82 Å². The quantitative estimate of drug-likeness (QED) is 0.646. The Morgan fingerprint density at radius 2 is 2.07 bits per heavy atom. The fraction of sp³-hybridized carbons (Fsp3) is 0.278. The number of pyridine rings is 1. The number of nitrogens with one attached hydrogen (secondary N) is 1. The number of anilines is 1. The smallest absolute Gasteiger partial charge is 0.255 e. The summed E-state index contributed by atoms with van der Waals surface area (Å²) in [5, 5.41) is 3.25. The largest absolute Gasteiger partial charge is 0.384 e. The first-order chi connectivity index (χ1) is 12.9. The highest BCUT2D eigenvalue weighted by Gasteiger charge is 2.31. The number of nitrogens with zero attached hydrogens (tertiary/aromatic N) is 2. The molecule has 1 aromatic heterocycles. The summed E-state index contributed by atoms with van der Waals surface area (Å²) in [5.41, 5.74) is 6.58. The minimum Gasteiger partial charge on any atom is -0.384 e. The zero-order valence-corrected chi connectivity index (χ0v) is 18.1. The number of hydrogen-bond acceptors (Lipinski definition) is 4. The molecule has 142 valence electrons. The molecule has 0 spiro atoms. The summed E-state index contributed by atoms with van der Waals surface area (Å²) in [6.45, 7) is 0.988. The number of benzene rings is 1. The van der Waals surface area contributed by atoms with E-state index < -0.39 is 0 Å². The molecular formula is C18H17Br2ClN4O2. The summed E-state index contributed by atoms with van der Waals surface area (Å²) in [5.74, 6) is -0.106. The van der Waals surface area contributed by atoms with E-state index >= 15 is 0 Å². The summed E-state index contributed by atoms with van der Waals surface area (Å²) < 4.78 is 1.40. The molecule has 0 bridgehead atoms. The Hall–Kier alpha value is -1.64. The van der Waals surface area contributed by atoms with Gasteiger partial charge in [0.05, 0.1) is 16.1 Å². The SMILES string of the molecule is Nc1cc(C(=O)N2CCCC2CNC(=O)c2ccc(Br)cc2Cl)c(Br)cn1. The van der Waals surface area contributed by atoms with E-state index in [1.807, 2.05) is 0 Å². The van der Waals surface area contributed by atoms with Crippen molar-refractivity contribution in [3.63, 3.8) is 0 Å². The highest BCUT2D eigenvalue weighted by molar-refractivity contribution is 9.10. The standard InChI is InChI=1S/C18H17Br2ClN4O2/c19-10-3-4-12(15(21)6-10)17(26)24-8-11-2-1-5-25(11)18(27)13-7-16(22)23-9-14(13)20/h3-4,6-7,9,11H,1-2,5,8H2,(H2,22,23)(H,24,26). The maximum atomic E-state index is 12.9. The fourth-order valence-electron chi connectivity index (χ4n) is 3.07. The molecule has 1 aromatic carbocycles. The first-order valence-electron chi connectivity index (χ1n) is 8.32. The second kappa shape index (κ2) is 8.58. The minimum atomic E-state index is -0.263. The number of halogens is 3. The average molecular weight is 517 g/mol. The van der Waals surface area contributed by atoms with Crippen LogP contribution >= 0.6 is 43.5 Å². The van der Waals surface area contributed by atoms with E-state index in [2.05, 4.69) is 42.2 Å². The number of carbonyl (C=O) groups is 2. The fourth-order valence-corrected chi connectivity index (χ4v) is 4.21. The first-order valence-corrected chi connectivity index (χ1v) is 10.3. The number of carbonyl (C=O) groups excluding carboxylic acids is 2. The highest BCUT2D eigenvalue weighted by atomic mass is 79.9. The van der Waals surface area contributed by atoms with Crippen molar-refractivity contribution in [1.29, 1.82) is 0 Å². The van der Waals surface area contributed by atoms with Crippen LogP contribution in [0, 0.1) is 0 Å². The van der Waals surface area contributed by atoms with Crippen molar-refractivity contribution in [2.24, 2.45) is 0 Å². The molecule has 1 atom stereocenters. The highest BCUT2D eigenvalue weighted by Crippen LogP contribution is 2.25. The van der Waals surface area contributed by atoms with Gasteiger partial charge in [-0.05, 0) is 53.0 Å². The van der Waals surface area contributed by atoms with Crippen molar-refractivity contribution >= 4 is 61.1 Å². The number of aromatic nitrogens is 1. The summed E-state index contributed by atoms with van der Waals surface area (Å²) in [4.78, 5) is 31.1. The maximum absolute atomic E-state index is 12.9. The molecule has 1 aliphatic rings. The van der Waals surface area contributed by atoms with Gasteiger partial charge < -0.3 is 16.0 Å². The lowest BCUT2D eigenvalue weighted by molar-refractivity contribution is 0.0724. The van der Waals surface area contributed by atoms with Crippen molar-refractivity contribution in [3.05, 3.63) is 55.6 Å². The molecule has 0 saturated carbocycles. The van der Waals surface area contributed by atoms with Crippen LogP contribution in [0.15, 0.2) is 39.4 Å². The normalized spacial score (nSPS) is 16.4. The molecule has 0 radical (unpaired) electrons. The number of nitrogen functional groups attached to an aromatic ring is 1. The van der Waals surface area contributed by atoms with Crippen molar-refractivity contribution < 1.29 is 9.59 Å². The van der Waals surface area contributed by atoms with Gasteiger partial charge in [0.25, 0.3) is 11.8 Å². The number of hydrogen-bond donors (Lipinski definition) is 2. The van der Waals surface area contributed by atoms with Gasteiger partial charge in [0.2, 0.25) is 0 Å². The van der Waals surface area contributed by atoms with Crippen molar-refractivity contribution in [2.75, 3.05) is 18.8 Å². The third-order valence-electron chi connectivity index (χ3n) is 4.42. The molecule has 6 nitrogen and oxygen atoms in total. The Kier molecular flexibility index (Phi) is 6.39. The molecule has 2 heterocycles. The molecule has 9 heteroatoms. The molecule has 3 rings (SSSR count). The number of nitrogens with two attached hydrogens (primary N) is 1. The maximum Gasteiger partial charge on any atom is 0.255 e. The number of likely N-dealkylation sites (tertiary alicyclic amines) is 1. The Labute approximate surface area is 178 Å². The molecule has 2 aromatic rings. The van der Waals surface area contributed by atoms with Crippen LogP contribution in [0.5, 0.6) is 0 Å². The van der Waals surface area contributed by atoms with Gasteiger partial charge in [-0.15, -0.1) is 0 Å². The molecule has 1 unspecified atom stereocenters. The van der Waals surface area contributed by atoms with E-state index in [4.69, 9.17) is 17.3 Å². The summed E-state index contributed by atoms with van der Waals surface area (Å²) in [7, 11) is 0. The summed E-state index contributed by atoms with van der Waals surface area (Å²) in [6.07, 6.45) is 3.22. The van der Waals surface area contributed by atoms with Crippen LogP contribution in [0.1, 0.15) is 33.6 Å². The Balaban J connectivity index is 1.68. The summed E-state index contributed by atoms with van der Waals surface area (Å²) in [6, 6.07) is 6.57. The van der Waals surface area contributed by atoms with Gasteiger partial charge in [-0.3, -0.25) is 9.59 Å². The lowest BCUT2D eigenvalue weighted by atomic mass is 10.1. The van der Waals surface area contributed by atoms with Gasteiger partial charge in [0, 0.05) is 34.3 Å². The van der Waals surface area contributed by atoms with E-state index in [9.17, 15) is 9.59 Å². The predicted molar refractivity (Wildman–Crippen MR) is 112 cm³/mol. The van der Waals surface area contributed by atoms with Gasteiger partial charge in [-0.25, -0.2) is 4.98 Å². The van der Waals surface area contributed by atoms with Crippen molar-refractivity contribution in [1.82, 2.24) is 15.2 Å². The zero-order valence-electron chi connectivity index (χ0n) is 14.2. The number of rotatable bonds is 4. The van der Waals surface area contributed by atoms with E-state index in [1.165, 1.54) is 6.20 Å². The molecular weight excluding hydrogens is 499 g/mol.